The predicted octanol–water partition coefficient (Wildman–Crippen LogP) is 2.53. The first-order valence-corrected chi connectivity index (χ1v) is 6.64. The molecule has 0 aromatic heterocycles. The molecule has 0 spiro atoms. The average molecular weight is 212 g/mol. The lowest BCUT2D eigenvalue weighted by atomic mass is 9.76. The van der Waals surface area contributed by atoms with E-state index in [1.165, 1.54) is 25.7 Å². The maximum atomic E-state index is 6.38. The number of hydrogen-bond acceptors (Lipinski definition) is 2. The van der Waals surface area contributed by atoms with Crippen molar-refractivity contribution >= 4 is 0 Å². The van der Waals surface area contributed by atoms with Crippen molar-refractivity contribution < 1.29 is 0 Å². The lowest BCUT2D eigenvalue weighted by Gasteiger charge is -2.35. The maximum absolute atomic E-state index is 6.38. The van der Waals surface area contributed by atoms with Crippen LogP contribution in [0.3, 0.4) is 0 Å². The van der Waals surface area contributed by atoms with Crippen LogP contribution in [0.25, 0.3) is 0 Å². The van der Waals surface area contributed by atoms with Gasteiger partial charge in [0.05, 0.1) is 0 Å². The largest absolute Gasteiger partial charge is 0.326 e. The van der Waals surface area contributed by atoms with E-state index in [4.69, 9.17) is 5.73 Å². The van der Waals surface area contributed by atoms with Crippen molar-refractivity contribution in [1.82, 2.24) is 5.32 Å². The second-order valence-corrected chi connectivity index (χ2v) is 5.05. The SMILES string of the molecule is CCNC1C(N)C(CC)CC1(CC)CC. The molecule has 2 heteroatoms. The molecule has 1 fully saturated rings. The van der Waals surface area contributed by atoms with E-state index >= 15 is 0 Å². The van der Waals surface area contributed by atoms with Gasteiger partial charge >= 0.3 is 0 Å². The van der Waals surface area contributed by atoms with Gasteiger partial charge in [0.1, 0.15) is 0 Å². The summed E-state index contributed by atoms with van der Waals surface area (Å²) in [6.45, 7) is 10.1. The minimum Gasteiger partial charge on any atom is -0.326 e. The van der Waals surface area contributed by atoms with Gasteiger partial charge < -0.3 is 11.1 Å². The molecule has 0 aromatic rings. The standard InChI is InChI=1S/C13H28N2/c1-5-10-9-13(6-2,7-3)12(11(10)14)15-8-4/h10-12,15H,5-9,14H2,1-4H3. The smallest absolute Gasteiger partial charge is 0.0277 e. The van der Waals surface area contributed by atoms with Crippen LogP contribution < -0.4 is 11.1 Å². The van der Waals surface area contributed by atoms with Crippen molar-refractivity contribution in [3.8, 4) is 0 Å². The van der Waals surface area contributed by atoms with Crippen LogP contribution in [0.2, 0.25) is 0 Å². The molecule has 1 saturated carbocycles. The molecule has 90 valence electrons. The van der Waals surface area contributed by atoms with Crippen molar-refractivity contribution in [3.05, 3.63) is 0 Å². The first-order chi connectivity index (χ1) is 7.15. The fourth-order valence-corrected chi connectivity index (χ4v) is 3.43. The number of hydrogen-bond donors (Lipinski definition) is 2. The average Bonchev–Trinajstić information content (AvgIpc) is 2.54. The summed E-state index contributed by atoms with van der Waals surface area (Å²) in [7, 11) is 0. The number of nitrogens with two attached hydrogens (primary N) is 1. The molecule has 3 unspecified atom stereocenters. The van der Waals surface area contributed by atoms with Crippen LogP contribution in [0.4, 0.5) is 0 Å². The van der Waals surface area contributed by atoms with Gasteiger partial charge in [-0.15, -0.1) is 0 Å². The van der Waals surface area contributed by atoms with E-state index in [0.717, 1.165) is 6.54 Å². The Labute approximate surface area is 95.0 Å². The molecule has 0 saturated heterocycles. The first-order valence-electron chi connectivity index (χ1n) is 6.64. The summed E-state index contributed by atoms with van der Waals surface area (Å²) in [5.74, 6) is 0.717. The van der Waals surface area contributed by atoms with E-state index in [9.17, 15) is 0 Å². The van der Waals surface area contributed by atoms with E-state index in [-0.39, 0.29) is 0 Å². The van der Waals surface area contributed by atoms with Crippen LogP contribution in [0, 0.1) is 11.3 Å². The third kappa shape index (κ3) is 2.21. The number of rotatable bonds is 5. The monoisotopic (exact) mass is 212 g/mol. The molecule has 0 bridgehead atoms. The molecule has 1 aliphatic rings. The van der Waals surface area contributed by atoms with Crippen LogP contribution >= 0.6 is 0 Å². The zero-order chi connectivity index (χ0) is 11.5. The van der Waals surface area contributed by atoms with Gasteiger partial charge in [-0.3, -0.25) is 0 Å². The summed E-state index contributed by atoms with van der Waals surface area (Å²) < 4.78 is 0. The van der Waals surface area contributed by atoms with Gasteiger partial charge in [-0.1, -0.05) is 34.1 Å². The fourth-order valence-electron chi connectivity index (χ4n) is 3.43. The van der Waals surface area contributed by atoms with E-state index in [0.29, 0.717) is 23.4 Å². The minimum absolute atomic E-state index is 0.356. The van der Waals surface area contributed by atoms with E-state index in [1.54, 1.807) is 0 Å². The molecule has 1 rings (SSSR count). The lowest BCUT2D eigenvalue weighted by Crippen LogP contribution is -2.50. The highest BCUT2D eigenvalue weighted by Crippen LogP contribution is 2.47. The van der Waals surface area contributed by atoms with E-state index in [2.05, 4.69) is 33.0 Å². The summed E-state index contributed by atoms with van der Waals surface area (Å²) in [6, 6.07) is 0.886. The van der Waals surface area contributed by atoms with Crippen molar-refractivity contribution in [1.29, 1.82) is 0 Å². The second-order valence-electron chi connectivity index (χ2n) is 5.05. The van der Waals surface area contributed by atoms with Crippen molar-refractivity contribution in [2.45, 2.75) is 65.5 Å². The van der Waals surface area contributed by atoms with Gasteiger partial charge in [-0.25, -0.2) is 0 Å². The molecule has 15 heavy (non-hydrogen) atoms. The molecular weight excluding hydrogens is 184 g/mol. The summed E-state index contributed by atoms with van der Waals surface area (Å²) in [5.41, 5.74) is 6.84. The molecule has 3 N–H and O–H groups in total. The first kappa shape index (κ1) is 13.0. The van der Waals surface area contributed by atoms with Crippen LogP contribution in [-0.4, -0.2) is 18.6 Å². The zero-order valence-electron chi connectivity index (χ0n) is 10.8. The van der Waals surface area contributed by atoms with Crippen LogP contribution in [-0.2, 0) is 0 Å². The molecule has 0 radical (unpaired) electrons. The van der Waals surface area contributed by atoms with Crippen molar-refractivity contribution in [3.63, 3.8) is 0 Å². The number of likely N-dealkylation sites (N-methyl/N-ethyl adjacent to an activating group) is 1. The van der Waals surface area contributed by atoms with Crippen LogP contribution in [0.15, 0.2) is 0 Å². The topological polar surface area (TPSA) is 38.0 Å². The molecule has 0 aliphatic heterocycles. The Morgan fingerprint density at radius 1 is 1.20 bits per heavy atom. The highest BCUT2D eigenvalue weighted by Gasteiger charge is 2.48. The van der Waals surface area contributed by atoms with Crippen molar-refractivity contribution in [2.75, 3.05) is 6.54 Å². The maximum Gasteiger partial charge on any atom is 0.0277 e. The van der Waals surface area contributed by atoms with Gasteiger partial charge in [-0.2, -0.15) is 0 Å². The third-order valence-corrected chi connectivity index (χ3v) is 4.61. The molecule has 0 aromatic carbocycles. The Kier molecular flexibility index (Phi) is 4.60. The zero-order valence-corrected chi connectivity index (χ0v) is 10.8. The van der Waals surface area contributed by atoms with Crippen LogP contribution in [0.1, 0.15) is 53.4 Å². The van der Waals surface area contributed by atoms with Crippen LogP contribution in [0.5, 0.6) is 0 Å². The lowest BCUT2D eigenvalue weighted by molar-refractivity contribution is 0.198. The molecule has 1 aliphatic carbocycles. The Morgan fingerprint density at radius 2 is 1.80 bits per heavy atom. The van der Waals surface area contributed by atoms with E-state index < -0.39 is 0 Å². The van der Waals surface area contributed by atoms with Gasteiger partial charge in [0.2, 0.25) is 0 Å². The molecule has 0 amide bonds. The van der Waals surface area contributed by atoms with Gasteiger partial charge in [-0.05, 0) is 37.1 Å². The second kappa shape index (κ2) is 5.31. The highest BCUT2D eigenvalue weighted by atomic mass is 15.0. The summed E-state index contributed by atoms with van der Waals surface area (Å²) >= 11 is 0. The summed E-state index contributed by atoms with van der Waals surface area (Å²) in [4.78, 5) is 0. The fraction of sp³-hybridized carbons (Fsp3) is 1.00. The van der Waals surface area contributed by atoms with E-state index in [1.807, 2.05) is 0 Å². The van der Waals surface area contributed by atoms with Crippen molar-refractivity contribution in [2.24, 2.45) is 17.1 Å². The molecular formula is C13H28N2. The third-order valence-electron chi connectivity index (χ3n) is 4.61. The number of nitrogens with one attached hydrogen (secondary N) is 1. The normalized spacial score (nSPS) is 34.6. The Balaban J connectivity index is 2.85. The highest BCUT2D eigenvalue weighted by molar-refractivity contribution is 5.05. The Hall–Kier alpha value is -0.0800. The Bertz CT molecular complexity index is 187. The minimum atomic E-state index is 0.356. The van der Waals surface area contributed by atoms with Gasteiger partial charge in [0, 0.05) is 12.1 Å². The molecule has 3 atom stereocenters. The summed E-state index contributed by atoms with van der Waals surface area (Å²) in [5, 5.41) is 3.63. The molecule has 0 heterocycles. The van der Waals surface area contributed by atoms with Gasteiger partial charge in [0.15, 0.2) is 0 Å². The Morgan fingerprint density at radius 3 is 2.20 bits per heavy atom. The predicted molar refractivity (Wildman–Crippen MR) is 66.9 cm³/mol. The molecule has 2 nitrogen and oxygen atoms in total. The van der Waals surface area contributed by atoms with Gasteiger partial charge in [0.25, 0.3) is 0 Å². The summed E-state index contributed by atoms with van der Waals surface area (Å²) in [6.07, 6.45) is 5.05. The quantitative estimate of drug-likeness (QED) is 0.735.